The minimum Gasteiger partial charge on any atom is -0.401 e. The predicted molar refractivity (Wildman–Crippen MR) is 80.6 cm³/mol. The van der Waals surface area contributed by atoms with Gasteiger partial charge in [0.15, 0.2) is 0 Å². The minimum atomic E-state index is -0.343. The first-order chi connectivity index (χ1) is 10.7. The smallest absolute Gasteiger partial charge is 0.322 e. The number of carbonyl (C=O) groups excluding carboxylic acids is 1. The summed E-state index contributed by atoms with van der Waals surface area (Å²) in [6.45, 7) is 0. The van der Waals surface area contributed by atoms with Gasteiger partial charge in [-0.25, -0.2) is 0 Å². The van der Waals surface area contributed by atoms with Crippen LogP contribution in [0.4, 0.5) is 6.01 Å². The molecule has 0 aliphatic rings. The molecule has 0 saturated carbocycles. The molecule has 3 rings (SSSR count). The van der Waals surface area contributed by atoms with Gasteiger partial charge in [0.05, 0.1) is 0 Å². The lowest BCUT2D eigenvalue weighted by atomic mass is 10.2. The molecule has 2 aromatic heterocycles. The van der Waals surface area contributed by atoms with Gasteiger partial charge >= 0.3 is 6.01 Å². The van der Waals surface area contributed by atoms with Crippen molar-refractivity contribution in [3.63, 3.8) is 0 Å². The number of nitrogens with zero attached hydrogens (tertiary/aromatic N) is 4. The zero-order chi connectivity index (χ0) is 15.4. The van der Waals surface area contributed by atoms with Crippen molar-refractivity contribution in [3.05, 3.63) is 54.2 Å². The summed E-state index contributed by atoms with van der Waals surface area (Å²) >= 11 is 0. The van der Waals surface area contributed by atoms with Gasteiger partial charge in [0.2, 0.25) is 0 Å². The highest BCUT2D eigenvalue weighted by atomic mass is 16.4. The van der Waals surface area contributed by atoms with Crippen LogP contribution >= 0.6 is 0 Å². The number of amides is 1. The third kappa shape index (κ3) is 3.09. The minimum absolute atomic E-state index is 0.0407. The van der Waals surface area contributed by atoms with E-state index in [2.05, 4.69) is 20.6 Å². The van der Waals surface area contributed by atoms with E-state index < -0.39 is 0 Å². The summed E-state index contributed by atoms with van der Waals surface area (Å²) in [7, 11) is 1.76. The average Bonchev–Trinajstić information content (AvgIpc) is 3.15. The first kappa shape index (κ1) is 13.7. The summed E-state index contributed by atoms with van der Waals surface area (Å²) in [5.41, 5.74) is 1.60. The van der Waals surface area contributed by atoms with Crippen LogP contribution in [0.3, 0.4) is 0 Å². The molecule has 1 amide bonds. The number of benzene rings is 1. The van der Waals surface area contributed by atoms with Gasteiger partial charge in [-0.2, -0.15) is 5.10 Å². The van der Waals surface area contributed by atoms with E-state index >= 15 is 0 Å². The molecule has 0 fully saturated rings. The highest BCUT2D eigenvalue weighted by molar-refractivity contribution is 6.00. The van der Waals surface area contributed by atoms with Gasteiger partial charge in [-0.3, -0.25) is 14.8 Å². The van der Waals surface area contributed by atoms with Gasteiger partial charge in [-0.05, 0) is 17.7 Å². The Bertz CT molecular complexity index is 804. The van der Waals surface area contributed by atoms with Crippen LogP contribution in [0.15, 0.2) is 53.1 Å². The van der Waals surface area contributed by atoms with Gasteiger partial charge in [-0.15, -0.1) is 5.10 Å². The number of anilines is 1. The third-order valence-electron chi connectivity index (χ3n) is 2.92. The molecule has 110 valence electrons. The quantitative estimate of drug-likeness (QED) is 0.745. The fraction of sp³-hybridized carbons (Fsp3) is 0.0667. The van der Waals surface area contributed by atoms with E-state index in [4.69, 9.17) is 4.42 Å². The first-order valence-electron chi connectivity index (χ1n) is 6.58. The van der Waals surface area contributed by atoms with Gasteiger partial charge in [-0.1, -0.05) is 35.4 Å². The van der Waals surface area contributed by atoms with Crippen molar-refractivity contribution in [2.45, 2.75) is 0 Å². The van der Waals surface area contributed by atoms with Crippen LogP contribution in [0.1, 0.15) is 5.56 Å². The molecule has 0 aliphatic heterocycles. The molecule has 0 spiro atoms. The predicted octanol–water partition coefficient (Wildman–Crippen LogP) is 2.12. The lowest BCUT2D eigenvalue weighted by molar-refractivity contribution is -0.112. The van der Waals surface area contributed by atoms with E-state index in [0.717, 1.165) is 5.56 Å². The maximum absolute atomic E-state index is 11.8. The van der Waals surface area contributed by atoms with Gasteiger partial charge in [0.1, 0.15) is 5.69 Å². The molecule has 0 atom stereocenters. The average molecular weight is 295 g/mol. The van der Waals surface area contributed by atoms with Crippen LogP contribution in [-0.4, -0.2) is 25.9 Å². The molecule has 7 heteroatoms. The monoisotopic (exact) mass is 295 g/mol. The van der Waals surface area contributed by atoms with Crippen molar-refractivity contribution >= 4 is 18.0 Å². The van der Waals surface area contributed by atoms with E-state index in [1.807, 2.05) is 30.3 Å². The normalized spacial score (nSPS) is 11.0. The van der Waals surface area contributed by atoms with Gasteiger partial charge in [0.25, 0.3) is 11.8 Å². The lowest BCUT2D eigenvalue weighted by Crippen LogP contribution is -2.07. The molecule has 7 nitrogen and oxygen atoms in total. The Labute approximate surface area is 126 Å². The Balaban J connectivity index is 1.67. The van der Waals surface area contributed by atoms with Crippen molar-refractivity contribution in [2.75, 3.05) is 5.32 Å². The Morgan fingerprint density at radius 1 is 1.23 bits per heavy atom. The van der Waals surface area contributed by atoms with Crippen LogP contribution in [0, 0.1) is 0 Å². The number of carbonyl (C=O) groups is 1. The summed E-state index contributed by atoms with van der Waals surface area (Å²) < 4.78 is 6.99. The summed E-state index contributed by atoms with van der Waals surface area (Å²) in [6, 6.07) is 11.3. The Hall–Kier alpha value is -3.22. The van der Waals surface area contributed by atoms with Crippen molar-refractivity contribution in [2.24, 2.45) is 7.05 Å². The van der Waals surface area contributed by atoms with E-state index in [1.54, 1.807) is 30.1 Å². The van der Waals surface area contributed by atoms with Crippen LogP contribution in [-0.2, 0) is 11.8 Å². The summed E-state index contributed by atoms with van der Waals surface area (Å²) in [4.78, 5) is 11.8. The Kier molecular flexibility index (Phi) is 3.78. The standard InChI is InChI=1S/C15H13N5O2/c1-20-12(9-10-16-20)14-18-19-15(22-14)17-13(21)8-7-11-5-3-2-4-6-11/h2-10H,1H3,(H,17,19,21). The van der Waals surface area contributed by atoms with Crippen molar-refractivity contribution in [3.8, 4) is 11.6 Å². The van der Waals surface area contributed by atoms with E-state index in [-0.39, 0.29) is 11.9 Å². The second-order valence-electron chi connectivity index (χ2n) is 4.49. The van der Waals surface area contributed by atoms with E-state index in [0.29, 0.717) is 11.6 Å². The first-order valence-corrected chi connectivity index (χ1v) is 6.58. The topological polar surface area (TPSA) is 85.8 Å². The fourth-order valence-electron chi connectivity index (χ4n) is 1.84. The second-order valence-corrected chi connectivity index (χ2v) is 4.49. The number of rotatable bonds is 4. The zero-order valence-electron chi connectivity index (χ0n) is 11.8. The number of hydrogen-bond donors (Lipinski definition) is 1. The molecule has 0 aliphatic carbocycles. The van der Waals surface area contributed by atoms with Crippen molar-refractivity contribution < 1.29 is 9.21 Å². The molecule has 0 saturated heterocycles. The zero-order valence-corrected chi connectivity index (χ0v) is 11.8. The van der Waals surface area contributed by atoms with E-state index in [1.165, 1.54) is 6.08 Å². The number of nitrogens with one attached hydrogen (secondary N) is 1. The molecule has 0 unspecified atom stereocenters. The van der Waals surface area contributed by atoms with Gasteiger partial charge < -0.3 is 4.42 Å². The van der Waals surface area contributed by atoms with Crippen LogP contribution in [0.5, 0.6) is 0 Å². The highest BCUT2D eigenvalue weighted by Crippen LogP contribution is 2.18. The third-order valence-corrected chi connectivity index (χ3v) is 2.92. The summed E-state index contributed by atoms with van der Waals surface area (Å²) in [5.74, 6) is -0.0496. The molecule has 1 N–H and O–H groups in total. The number of aromatic nitrogens is 4. The maximum atomic E-state index is 11.8. The molecular weight excluding hydrogens is 282 g/mol. The molecule has 2 heterocycles. The lowest BCUT2D eigenvalue weighted by Gasteiger charge is -1.96. The largest absolute Gasteiger partial charge is 0.401 e. The van der Waals surface area contributed by atoms with Crippen molar-refractivity contribution in [1.82, 2.24) is 20.0 Å². The highest BCUT2D eigenvalue weighted by Gasteiger charge is 2.12. The van der Waals surface area contributed by atoms with Gasteiger partial charge in [0, 0.05) is 19.3 Å². The Morgan fingerprint density at radius 2 is 2.05 bits per heavy atom. The molecule has 22 heavy (non-hydrogen) atoms. The molecular formula is C15H13N5O2. The molecule has 3 aromatic rings. The second kappa shape index (κ2) is 6.04. The Morgan fingerprint density at radius 3 is 2.77 bits per heavy atom. The maximum Gasteiger partial charge on any atom is 0.322 e. The molecule has 0 bridgehead atoms. The fourth-order valence-corrected chi connectivity index (χ4v) is 1.84. The number of aryl methyl sites for hydroxylation is 1. The summed E-state index contributed by atoms with van der Waals surface area (Å²) in [6.07, 6.45) is 4.73. The van der Waals surface area contributed by atoms with Crippen LogP contribution in [0.2, 0.25) is 0 Å². The van der Waals surface area contributed by atoms with Crippen LogP contribution in [0.25, 0.3) is 17.7 Å². The van der Waals surface area contributed by atoms with Crippen molar-refractivity contribution in [1.29, 1.82) is 0 Å². The summed E-state index contributed by atoms with van der Waals surface area (Å²) in [5, 5.41) is 14.2. The number of hydrogen-bond acceptors (Lipinski definition) is 5. The van der Waals surface area contributed by atoms with Crippen LogP contribution < -0.4 is 5.32 Å². The molecule has 0 radical (unpaired) electrons. The SMILES string of the molecule is Cn1nccc1-c1nnc(NC(=O)C=Cc2ccccc2)o1. The molecule has 1 aromatic carbocycles. The van der Waals surface area contributed by atoms with E-state index in [9.17, 15) is 4.79 Å².